The topological polar surface area (TPSA) is 59.6 Å². The number of nitrogens with one attached hydrogen (secondary N) is 1. The smallest absolute Gasteiger partial charge is 0.193 e. The summed E-state index contributed by atoms with van der Waals surface area (Å²) in [5, 5.41) is 2.99. The molecule has 0 amide bonds. The predicted octanol–water partition coefficient (Wildman–Crippen LogP) is 4.01. The molecule has 3 N–H and O–H groups in total. The van der Waals surface area contributed by atoms with E-state index in [2.05, 4.69) is 10.3 Å². The summed E-state index contributed by atoms with van der Waals surface area (Å²) in [5.41, 5.74) is 9.01. The van der Waals surface area contributed by atoms with Crippen LogP contribution in [-0.4, -0.2) is 19.1 Å². The number of hydrogen-bond acceptors (Lipinski definition) is 2. The molecular formula is C17H20F2IN3O. The first-order chi connectivity index (χ1) is 11.0. The molecule has 4 nitrogen and oxygen atoms in total. The third-order valence-corrected chi connectivity index (χ3v) is 3.31. The van der Waals surface area contributed by atoms with E-state index < -0.39 is 11.6 Å². The van der Waals surface area contributed by atoms with E-state index in [1.165, 1.54) is 11.6 Å². The van der Waals surface area contributed by atoms with Gasteiger partial charge in [-0.15, -0.1) is 24.0 Å². The van der Waals surface area contributed by atoms with Crippen molar-refractivity contribution in [2.45, 2.75) is 13.8 Å². The molecule has 24 heavy (non-hydrogen) atoms. The van der Waals surface area contributed by atoms with Crippen molar-refractivity contribution in [3.63, 3.8) is 0 Å². The molecule has 0 aliphatic carbocycles. The van der Waals surface area contributed by atoms with E-state index in [1.54, 1.807) is 0 Å². The summed E-state index contributed by atoms with van der Waals surface area (Å²) in [6.07, 6.45) is 0. The van der Waals surface area contributed by atoms with Gasteiger partial charge in [0.05, 0.1) is 6.54 Å². The summed E-state index contributed by atoms with van der Waals surface area (Å²) >= 11 is 0. The van der Waals surface area contributed by atoms with Crippen molar-refractivity contribution in [1.29, 1.82) is 0 Å². The fourth-order valence-corrected chi connectivity index (χ4v) is 1.90. The van der Waals surface area contributed by atoms with E-state index in [-0.39, 0.29) is 42.3 Å². The van der Waals surface area contributed by atoms with Crippen LogP contribution in [0.25, 0.3) is 0 Å². The fraction of sp³-hybridized carbons (Fsp3) is 0.235. The van der Waals surface area contributed by atoms with Gasteiger partial charge in [0.15, 0.2) is 17.6 Å². The minimum absolute atomic E-state index is 0. The second-order valence-corrected chi connectivity index (χ2v) is 5.12. The van der Waals surface area contributed by atoms with Gasteiger partial charge in [0, 0.05) is 11.8 Å². The molecule has 0 aliphatic rings. The first kappa shape index (κ1) is 20.1. The van der Waals surface area contributed by atoms with Crippen LogP contribution in [-0.2, 0) is 0 Å². The summed E-state index contributed by atoms with van der Waals surface area (Å²) in [4.78, 5) is 4.12. The van der Waals surface area contributed by atoms with E-state index in [0.29, 0.717) is 6.54 Å². The number of aryl methyl sites for hydroxylation is 2. The Bertz CT molecular complexity index is 723. The van der Waals surface area contributed by atoms with Crippen LogP contribution in [0.5, 0.6) is 5.75 Å². The average Bonchev–Trinajstić information content (AvgIpc) is 2.51. The number of ether oxygens (including phenoxy) is 1. The Morgan fingerprint density at radius 1 is 1.08 bits per heavy atom. The van der Waals surface area contributed by atoms with Crippen LogP contribution in [0.2, 0.25) is 0 Å². The first-order valence-electron chi connectivity index (χ1n) is 7.18. The SMILES string of the molecule is Cc1ccc(NC(N)=NCCOc2ccc(F)c(F)c2)cc1C.I. The molecule has 0 spiro atoms. The lowest BCUT2D eigenvalue weighted by Crippen LogP contribution is -2.23. The third kappa shape index (κ3) is 5.95. The maximum atomic E-state index is 13.0. The summed E-state index contributed by atoms with van der Waals surface area (Å²) in [7, 11) is 0. The molecule has 0 fully saturated rings. The molecule has 2 rings (SSSR count). The number of nitrogens with two attached hydrogens (primary N) is 1. The van der Waals surface area contributed by atoms with Crippen molar-refractivity contribution in [3.05, 3.63) is 59.2 Å². The van der Waals surface area contributed by atoms with Crippen molar-refractivity contribution < 1.29 is 13.5 Å². The third-order valence-electron chi connectivity index (χ3n) is 3.31. The summed E-state index contributed by atoms with van der Waals surface area (Å²) in [6, 6.07) is 9.27. The number of hydrogen-bond donors (Lipinski definition) is 2. The number of nitrogens with zero attached hydrogens (tertiary/aromatic N) is 1. The Kier molecular flexibility index (Phi) is 7.90. The van der Waals surface area contributed by atoms with Crippen molar-refractivity contribution in [3.8, 4) is 5.75 Å². The molecule has 0 heterocycles. The number of anilines is 1. The van der Waals surface area contributed by atoms with Gasteiger partial charge in [-0.05, 0) is 49.2 Å². The zero-order valence-electron chi connectivity index (χ0n) is 13.5. The van der Waals surface area contributed by atoms with Crippen LogP contribution in [0.15, 0.2) is 41.4 Å². The van der Waals surface area contributed by atoms with Gasteiger partial charge in [-0.3, -0.25) is 0 Å². The molecule has 2 aromatic rings. The fourth-order valence-electron chi connectivity index (χ4n) is 1.90. The monoisotopic (exact) mass is 447 g/mol. The van der Waals surface area contributed by atoms with E-state index in [1.807, 2.05) is 32.0 Å². The highest BCUT2D eigenvalue weighted by atomic mass is 127. The number of benzene rings is 2. The Labute approximate surface area is 157 Å². The highest BCUT2D eigenvalue weighted by Crippen LogP contribution is 2.15. The zero-order valence-corrected chi connectivity index (χ0v) is 15.8. The molecule has 0 atom stereocenters. The van der Waals surface area contributed by atoms with Gasteiger partial charge in [0.25, 0.3) is 0 Å². The van der Waals surface area contributed by atoms with E-state index in [0.717, 1.165) is 23.4 Å². The van der Waals surface area contributed by atoms with E-state index in [9.17, 15) is 8.78 Å². The highest BCUT2D eigenvalue weighted by Gasteiger charge is 2.03. The second kappa shape index (κ2) is 9.41. The summed E-state index contributed by atoms with van der Waals surface area (Å²) < 4.78 is 31.1. The largest absolute Gasteiger partial charge is 0.492 e. The molecule has 7 heteroatoms. The molecule has 0 unspecified atom stereocenters. The first-order valence-corrected chi connectivity index (χ1v) is 7.18. The van der Waals surface area contributed by atoms with Crippen molar-refractivity contribution in [2.75, 3.05) is 18.5 Å². The van der Waals surface area contributed by atoms with Crippen LogP contribution >= 0.6 is 24.0 Å². The van der Waals surface area contributed by atoms with Crippen LogP contribution in [0.3, 0.4) is 0 Å². The van der Waals surface area contributed by atoms with Crippen LogP contribution < -0.4 is 15.8 Å². The molecule has 130 valence electrons. The standard InChI is InChI=1S/C17H19F2N3O.HI/c1-11-3-4-13(9-12(11)2)22-17(20)21-7-8-23-14-5-6-15(18)16(19)10-14;/h3-6,9-10H,7-8H2,1-2H3,(H3,20,21,22);1H. The maximum absolute atomic E-state index is 13.0. The normalized spacial score (nSPS) is 10.9. The molecule has 2 aromatic carbocycles. The number of rotatable bonds is 5. The van der Waals surface area contributed by atoms with Crippen molar-refractivity contribution in [2.24, 2.45) is 10.7 Å². The molecule has 0 saturated carbocycles. The average molecular weight is 447 g/mol. The van der Waals surface area contributed by atoms with Crippen LogP contribution in [0, 0.1) is 25.5 Å². The van der Waals surface area contributed by atoms with Crippen LogP contribution in [0.1, 0.15) is 11.1 Å². The van der Waals surface area contributed by atoms with Gasteiger partial charge >= 0.3 is 0 Å². The molecular weight excluding hydrogens is 427 g/mol. The Balaban J connectivity index is 0.00000288. The zero-order chi connectivity index (χ0) is 16.8. The van der Waals surface area contributed by atoms with E-state index >= 15 is 0 Å². The number of guanidine groups is 1. The van der Waals surface area contributed by atoms with Crippen LogP contribution in [0.4, 0.5) is 14.5 Å². The molecule has 0 radical (unpaired) electrons. The number of aliphatic imine (C=N–C) groups is 1. The van der Waals surface area contributed by atoms with Gasteiger partial charge in [0.2, 0.25) is 0 Å². The minimum Gasteiger partial charge on any atom is -0.492 e. The molecule has 0 aliphatic heterocycles. The van der Waals surface area contributed by atoms with Gasteiger partial charge in [-0.2, -0.15) is 0 Å². The van der Waals surface area contributed by atoms with Gasteiger partial charge < -0.3 is 15.8 Å². The maximum Gasteiger partial charge on any atom is 0.193 e. The molecule has 0 saturated heterocycles. The predicted molar refractivity (Wildman–Crippen MR) is 103 cm³/mol. The lowest BCUT2D eigenvalue weighted by molar-refractivity contribution is 0.325. The number of halogens is 3. The quantitative estimate of drug-likeness (QED) is 0.315. The Morgan fingerprint density at radius 2 is 1.83 bits per heavy atom. The minimum atomic E-state index is -0.943. The van der Waals surface area contributed by atoms with Gasteiger partial charge in [0.1, 0.15) is 12.4 Å². The van der Waals surface area contributed by atoms with Crippen molar-refractivity contribution >= 4 is 35.6 Å². The second-order valence-electron chi connectivity index (χ2n) is 5.12. The Hall–Kier alpha value is -1.90. The van der Waals surface area contributed by atoms with Crippen molar-refractivity contribution in [1.82, 2.24) is 0 Å². The summed E-state index contributed by atoms with van der Waals surface area (Å²) in [5.74, 6) is -1.33. The Morgan fingerprint density at radius 3 is 2.50 bits per heavy atom. The summed E-state index contributed by atoms with van der Waals surface area (Å²) in [6.45, 7) is 4.55. The molecule has 0 bridgehead atoms. The van der Waals surface area contributed by atoms with Gasteiger partial charge in [-0.25, -0.2) is 13.8 Å². The van der Waals surface area contributed by atoms with Gasteiger partial charge in [-0.1, -0.05) is 6.07 Å². The molecule has 0 aromatic heterocycles. The lowest BCUT2D eigenvalue weighted by Gasteiger charge is -2.08. The van der Waals surface area contributed by atoms with E-state index in [4.69, 9.17) is 10.5 Å². The lowest BCUT2D eigenvalue weighted by atomic mass is 10.1. The highest BCUT2D eigenvalue weighted by molar-refractivity contribution is 14.0.